The number of allylic oxidation sites excluding steroid dienone is 1. The van der Waals surface area contributed by atoms with Gasteiger partial charge in [0.2, 0.25) is 0 Å². The summed E-state index contributed by atoms with van der Waals surface area (Å²) in [6.45, 7) is 3.91. The van der Waals surface area contributed by atoms with E-state index in [-0.39, 0.29) is 5.78 Å². The van der Waals surface area contributed by atoms with Crippen LogP contribution < -0.4 is 0 Å². The predicted octanol–water partition coefficient (Wildman–Crippen LogP) is 4.28. The number of benzene rings is 2. The van der Waals surface area contributed by atoms with E-state index in [4.69, 9.17) is 0 Å². The minimum absolute atomic E-state index is 0.0798. The van der Waals surface area contributed by atoms with E-state index in [0.29, 0.717) is 0 Å². The summed E-state index contributed by atoms with van der Waals surface area (Å²) in [5, 5.41) is 0. The zero-order chi connectivity index (χ0) is 13.0. The maximum Gasteiger partial charge on any atom is 0.188 e. The van der Waals surface area contributed by atoms with Crippen molar-refractivity contribution in [2.24, 2.45) is 0 Å². The van der Waals surface area contributed by atoms with Gasteiger partial charge in [0.1, 0.15) is 0 Å². The number of hydrogen-bond acceptors (Lipinski definition) is 1. The van der Waals surface area contributed by atoms with Gasteiger partial charge in [-0.15, -0.1) is 0 Å². The molecule has 0 atom stereocenters. The van der Waals surface area contributed by atoms with E-state index >= 15 is 0 Å². The van der Waals surface area contributed by atoms with Crippen LogP contribution >= 0.6 is 0 Å². The van der Waals surface area contributed by atoms with Gasteiger partial charge < -0.3 is 0 Å². The molecule has 0 N–H and O–H groups in total. The molecule has 90 valence electrons. The standard InChI is InChI=1S/C17H16O/c1-13-8-10-15(11-9-13)12-14(2)17(18)16-6-4-3-5-7-16/h3-12H,1-2H3/b14-12-. The maximum absolute atomic E-state index is 12.1. The van der Waals surface area contributed by atoms with E-state index in [9.17, 15) is 4.79 Å². The molecule has 1 heteroatoms. The summed E-state index contributed by atoms with van der Waals surface area (Å²) in [5.41, 5.74) is 3.77. The maximum atomic E-state index is 12.1. The molecule has 0 saturated carbocycles. The summed E-state index contributed by atoms with van der Waals surface area (Å²) < 4.78 is 0. The molecule has 0 aliphatic carbocycles. The first-order valence-corrected chi connectivity index (χ1v) is 6.01. The number of ketones is 1. The number of carbonyl (C=O) groups excluding carboxylic acids is 1. The van der Waals surface area contributed by atoms with Crippen LogP contribution in [-0.4, -0.2) is 5.78 Å². The zero-order valence-electron chi connectivity index (χ0n) is 10.7. The molecular weight excluding hydrogens is 220 g/mol. The highest BCUT2D eigenvalue weighted by Gasteiger charge is 2.06. The van der Waals surface area contributed by atoms with Gasteiger partial charge in [-0.05, 0) is 31.1 Å². The molecule has 1 nitrogen and oxygen atoms in total. The minimum Gasteiger partial charge on any atom is -0.289 e. The average molecular weight is 236 g/mol. The van der Waals surface area contributed by atoms with Crippen LogP contribution in [0, 0.1) is 6.92 Å². The van der Waals surface area contributed by atoms with Crippen LogP contribution in [0.3, 0.4) is 0 Å². The molecule has 2 aromatic rings. The molecule has 0 aromatic heterocycles. The van der Waals surface area contributed by atoms with Crippen molar-refractivity contribution in [3.8, 4) is 0 Å². The molecule has 2 rings (SSSR count). The molecule has 0 saturated heterocycles. The van der Waals surface area contributed by atoms with E-state index < -0.39 is 0 Å². The van der Waals surface area contributed by atoms with Crippen molar-refractivity contribution in [3.05, 3.63) is 76.9 Å². The first-order valence-electron chi connectivity index (χ1n) is 6.01. The SMILES string of the molecule is C/C(=C/c1ccc(C)cc1)C(=O)c1ccccc1. The van der Waals surface area contributed by atoms with Crippen LogP contribution in [0.4, 0.5) is 0 Å². The third-order valence-electron chi connectivity index (χ3n) is 2.85. The smallest absolute Gasteiger partial charge is 0.188 e. The molecular formula is C17H16O. The molecule has 0 fully saturated rings. The van der Waals surface area contributed by atoms with Gasteiger partial charge in [-0.25, -0.2) is 0 Å². The van der Waals surface area contributed by atoms with Crippen molar-refractivity contribution < 1.29 is 4.79 Å². The summed E-state index contributed by atoms with van der Waals surface area (Å²) in [4.78, 5) is 12.1. The van der Waals surface area contributed by atoms with Crippen LogP contribution in [0.1, 0.15) is 28.4 Å². The third kappa shape index (κ3) is 2.95. The lowest BCUT2D eigenvalue weighted by atomic mass is 10.0. The van der Waals surface area contributed by atoms with E-state index in [1.807, 2.05) is 67.6 Å². The van der Waals surface area contributed by atoms with E-state index in [1.54, 1.807) is 0 Å². The second-order valence-corrected chi connectivity index (χ2v) is 4.43. The van der Waals surface area contributed by atoms with Crippen molar-refractivity contribution in [3.63, 3.8) is 0 Å². The Bertz CT molecular complexity index is 562. The fourth-order valence-electron chi connectivity index (χ4n) is 1.80. The Morgan fingerprint density at radius 3 is 2.17 bits per heavy atom. The van der Waals surface area contributed by atoms with Crippen molar-refractivity contribution in [2.45, 2.75) is 13.8 Å². The van der Waals surface area contributed by atoms with Gasteiger partial charge in [0, 0.05) is 5.56 Å². The summed E-state index contributed by atoms with van der Waals surface area (Å²) in [6, 6.07) is 17.5. The zero-order valence-corrected chi connectivity index (χ0v) is 10.7. The second kappa shape index (κ2) is 5.46. The van der Waals surface area contributed by atoms with Crippen LogP contribution in [0.5, 0.6) is 0 Å². The van der Waals surface area contributed by atoms with Gasteiger partial charge in [-0.1, -0.05) is 60.2 Å². The van der Waals surface area contributed by atoms with Crippen molar-refractivity contribution in [1.82, 2.24) is 0 Å². The Labute approximate surface area is 108 Å². The normalized spacial score (nSPS) is 11.3. The van der Waals surface area contributed by atoms with Crippen LogP contribution in [0.2, 0.25) is 0 Å². The molecule has 0 heterocycles. The topological polar surface area (TPSA) is 17.1 Å². The van der Waals surface area contributed by atoms with E-state index in [2.05, 4.69) is 6.92 Å². The molecule has 0 radical (unpaired) electrons. The first-order chi connectivity index (χ1) is 8.66. The summed E-state index contributed by atoms with van der Waals surface area (Å²) >= 11 is 0. The van der Waals surface area contributed by atoms with Gasteiger partial charge >= 0.3 is 0 Å². The van der Waals surface area contributed by atoms with E-state index in [0.717, 1.165) is 16.7 Å². The monoisotopic (exact) mass is 236 g/mol. The quantitative estimate of drug-likeness (QED) is 0.574. The lowest BCUT2D eigenvalue weighted by Gasteiger charge is -2.02. The summed E-state index contributed by atoms with van der Waals surface area (Å²) in [5.74, 6) is 0.0798. The largest absolute Gasteiger partial charge is 0.289 e. The first kappa shape index (κ1) is 12.3. The number of Topliss-reactive ketones (excluding diaryl/α,β-unsaturated/α-hetero) is 1. The van der Waals surface area contributed by atoms with Gasteiger partial charge in [0.15, 0.2) is 5.78 Å². The molecule has 0 spiro atoms. The predicted molar refractivity (Wildman–Crippen MR) is 75.6 cm³/mol. The Balaban J connectivity index is 2.23. The van der Waals surface area contributed by atoms with Crippen LogP contribution in [0.25, 0.3) is 6.08 Å². The number of aryl methyl sites for hydroxylation is 1. The third-order valence-corrected chi connectivity index (χ3v) is 2.85. The molecule has 0 aliphatic heterocycles. The Kier molecular flexibility index (Phi) is 3.73. The van der Waals surface area contributed by atoms with Crippen molar-refractivity contribution in [2.75, 3.05) is 0 Å². The van der Waals surface area contributed by atoms with Gasteiger partial charge in [0.25, 0.3) is 0 Å². The molecule has 0 unspecified atom stereocenters. The summed E-state index contributed by atoms with van der Waals surface area (Å²) in [6.07, 6.45) is 1.93. The van der Waals surface area contributed by atoms with Gasteiger partial charge in [-0.3, -0.25) is 4.79 Å². The second-order valence-electron chi connectivity index (χ2n) is 4.43. The van der Waals surface area contributed by atoms with Gasteiger partial charge in [0.05, 0.1) is 0 Å². The highest BCUT2D eigenvalue weighted by molar-refractivity contribution is 6.10. The number of rotatable bonds is 3. The van der Waals surface area contributed by atoms with Crippen molar-refractivity contribution in [1.29, 1.82) is 0 Å². The summed E-state index contributed by atoms with van der Waals surface area (Å²) in [7, 11) is 0. The Morgan fingerprint density at radius 2 is 1.56 bits per heavy atom. The minimum atomic E-state index is 0.0798. The highest BCUT2D eigenvalue weighted by Crippen LogP contribution is 2.13. The fraction of sp³-hybridized carbons (Fsp3) is 0.118. The molecule has 2 aromatic carbocycles. The fourth-order valence-corrected chi connectivity index (χ4v) is 1.80. The lowest BCUT2D eigenvalue weighted by molar-refractivity contribution is 0.103. The Hall–Kier alpha value is -2.15. The molecule has 18 heavy (non-hydrogen) atoms. The van der Waals surface area contributed by atoms with Crippen LogP contribution in [-0.2, 0) is 0 Å². The number of carbonyl (C=O) groups is 1. The number of hydrogen-bond donors (Lipinski definition) is 0. The average Bonchev–Trinajstić information content (AvgIpc) is 2.41. The Morgan fingerprint density at radius 1 is 0.944 bits per heavy atom. The molecule has 0 aliphatic rings. The lowest BCUT2D eigenvalue weighted by Crippen LogP contribution is -1.99. The molecule has 0 amide bonds. The van der Waals surface area contributed by atoms with Gasteiger partial charge in [-0.2, -0.15) is 0 Å². The van der Waals surface area contributed by atoms with Crippen molar-refractivity contribution >= 4 is 11.9 Å². The highest BCUT2D eigenvalue weighted by atomic mass is 16.1. The van der Waals surface area contributed by atoms with Crippen LogP contribution in [0.15, 0.2) is 60.2 Å². The van der Waals surface area contributed by atoms with E-state index in [1.165, 1.54) is 5.56 Å². The molecule has 0 bridgehead atoms.